The zero-order valence-electron chi connectivity index (χ0n) is 11.2. The van der Waals surface area contributed by atoms with Crippen LogP contribution in [0.25, 0.3) is 28.2 Å². The van der Waals surface area contributed by atoms with Gasteiger partial charge in [0.05, 0.1) is 0 Å². The highest BCUT2D eigenvalue weighted by Gasteiger charge is 2.16. The van der Waals surface area contributed by atoms with Crippen molar-refractivity contribution in [3.8, 4) is 17.1 Å². The Morgan fingerprint density at radius 1 is 1.00 bits per heavy atom. The molecule has 0 radical (unpaired) electrons. The highest BCUT2D eigenvalue weighted by molar-refractivity contribution is 5.78. The van der Waals surface area contributed by atoms with Gasteiger partial charge in [0.25, 0.3) is 0 Å². The van der Waals surface area contributed by atoms with Crippen LogP contribution in [0.3, 0.4) is 0 Å². The third-order valence-corrected chi connectivity index (χ3v) is 3.41. The summed E-state index contributed by atoms with van der Waals surface area (Å²) in [4.78, 5) is 8.28. The summed E-state index contributed by atoms with van der Waals surface area (Å²) in [5, 5.41) is 0. The Balaban J connectivity index is 1.93. The first kappa shape index (κ1) is 12.7. The number of rotatable bonds is 2. The number of fused-ring (bicyclic) bond motifs is 1. The van der Waals surface area contributed by atoms with E-state index in [1.54, 1.807) is 18.2 Å². The van der Waals surface area contributed by atoms with Crippen molar-refractivity contribution < 1.29 is 13.2 Å². The molecule has 0 aliphatic heterocycles. The smallest absolute Gasteiger partial charge is 0.181 e. The molecule has 0 unspecified atom stereocenters. The third kappa shape index (κ3) is 1.88. The normalized spacial score (nSPS) is 11.2. The molecule has 0 N–H and O–H groups in total. The van der Waals surface area contributed by atoms with Gasteiger partial charge in [0.1, 0.15) is 28.7 Å². The number of aromatic nitrogens is 3. The van der Waals surface area contributed by atoms with E-state index in [1.165, 1.54) is 41.6 Å². The molecule has 0 atom stereocenters. The predicted octanol–water partition coefficient (Wildman–Crippen LogP) is 3.96. The zero-order chi connectivity index (χ0) is 15.1. The van der Waals surface area contributed by atoms with Gasteiger partial charge in [0.15, 0.2) is 12.0 Å². The van der Waals surface area contributed by atoms with E-state index in [0.717, 1.165) is 0 Å². The van der Waals surface area contributed by atoms with Crippen LogP contribution >= 0.6 is 0 Å². The minimum absolute atomic E-state index is 0.157. The highest BCUT2D eigenvalue weighted by atomic mass is 19.1. The zero-order valence-corrected chi connectivity index (χ0v) is 11.2. The second-order valence-corrected chi connectivity index (χ2v) is 4.73. The van der Waals surface area contributed by atoms with Crippen molar-refractivity contribution in [3.05, 3.63) is 66.8 Å². The van der Waals surface area contributed by atoms with Crippen molar-refractivity contribution in [1.29, 1.82) is 0 Å². The molecule has 0 spiro atoms. The van der Waals surface area contributed by atoms with Crippen LogP contribution in [0.1, 0.15) is 0 Å². The van der Waals surface area contributed by atoms with Crippen LogP contribution in [0.2, 0.25) is 0 Å². The molecule has 0 fully saturated rings. The largest absolute Gasteiger partial charge is 0.443 e. The fourth-order valence-corrected chi connectivity index (χ4v) is 2.41. The van der Waals surface area contributed by atoms with E-state index in [-0.39, 0.29) is 5.69 Å². The summed E-state index contributed by atoms with van der Waals surface area (Å²) < 4.78 is 34.6. The van der Waals surface area contributed by atoms with E-state index in [9.17, 15) is 8.78 Å². The number of halogens is 2. The van der Waals surface area contributed by atoms with Gasteiger partial charge in [0.2, 0.25) is 0 Å². The molecule has 0 aliphatic carbocycles. The molecule has 22 heavy (non-hydrogen) atoms. The molecular weight excluding hydrogens is 288 g/mol. The SMILES string of the molecule is Fc1cccc(F)c1-n1ccnc1-c1ccc2ocnc2c1. The van der Waals surface area contributed by atoms with Gasteiger partial charge in [-0.3, -0.25) is 4.57 Å². The molecule has 0 saturated heterocycles. The second-order valence-electron chi connectivity index (χ2n) is 4.73. The molecule has 0 aliphatic rings. The van der Waals surface area contributed by atoms with E-state index in [2.05, 4.69) is 9.97 Å². The van der Waals surface area contributed by atoms with Crippen LogP contribution in [0.4, 0.5) is 8.78 Å². The first-order chi connectivity index (χ1) is 10.7. The number of para-hydroxylation sites is 1. The Bertz CT molecular complexity index is 954. The van der Waals surface area contributed by atoms with Gasteiger partial charge < -0.3 is 4.42 Å². The van der Waals surface area contributed by atoms with Gasteiger partial charge in [0, 0.05) is 18.0 Å². The maximum atomic E-state index is 14.0. The summed E-state index contributed by atoms with van der Waals surface area (Å²) in [6.07, 6.45) is 4.36. The van der Waals surface area contributed by atoms with Gasteiger partial charge in [-0.05, 0) is 30.3 Å². The van der Waals surface area contributed by atoms with E-state index >= 15 is 0 Å². The quantitative estimate of drug-likeness (QED) is 0.562. The molecular formula is C16H9F2N3O. The number of nitrogens with zero attached hydrogens (tertiary/aromatic N) is 3. The molecule has 4 rings (SSSR count). The van der Waals surface area contributed by atoms with Gasteiger partial charge in [-0.25, -0.2) is 18.7 Å². The Morgan fingerprint density at radius 3 is 2.64 bits per heavy atom. The van der Waals surface area contributed by atoms with E-state index in [0.29, 0.717) is 22.5 Å². The topological polar surface area (TPSA) is 43.9 Å². The molecule has 0 saturated carbocycles. The van der Waals surface area contributed by atoms with Crippen LogP contribution in [-0.2, 0) is 0 Å². The average Bonchev–Trinajstić information content (AvgIpc) is 3.15. The molecule has 0 amide bonds. The Labute approximate surface area is 123 Å². The van der Waals surface area contributed by atoms with Gasteiger partial charge in [-0.1, -0.05) is 6.07 Å². The lowest BCUT2D eigenvalue weighted by Gasteiger charge is -2.10. The second kappa shape index (κ2) is 4.77. The highest BCUT2D eigenvalue weighted by Crippen LogP contribution is 2.27. The van der Waals surface area contributed by atoms with Crippen molar-refractivity contribution >= 4 is 11.1 Å². The summed E-state index contributed by atoms with van der Waals surface area (Å²) in [6.45, 7) is 0. The predicted molar refractivity (Wildman–Crippen MR) is 76.5 cm³/mol. The summed E-state index contributed by atoms with van der Waals surface area (Å²) in [6, 6.07) is 9.02. The van der Waals surface area contributed by atoms with Crippen molar-refractivity contribution in [2.24, 2.45) is 0 Å². The van der Waals surface area contributed by atoms with Crippen LogP contribution in [-0.4, -0.2) is 14.5 Å². The monoisotopic (exact) mass is 297 g/mol. The molecule has 2 heterocycles. The van der Waals surface area contributed by atoms with Crippen molar-refractivity contribution in [1.82, 2.24) is 14.5 Å². The minimum atomic E-state index is -0.651. The number of hydrogen-bond donors (Lipinski definition) is 0. The number of hydrogen-bond acceptors (Lipinski definition) is 3. The minimum Gasteiger partial charge on any atom is -0.443 e. The molecule has 0 bridgehead atoms. The molecule has 6 heteroatoms. The lowest BCUT2D eigenvalue weighted by Crippen LogP contribution is -2.02. The van der Waals surface area contributed by atoms with Crippen molar-refractivity contribution in [2.75, 3.05) is 0 Å². The standard InChI is InChI=1S/C16H9F2N3O/c17-11-2-1-3-12(18)15(11)21-7-6-19-16(21)10-4-5-14-13(8-10)20-9-22-14/h1-9H. The van der Waals surface area contributed by atoms with Crippen LogP contribution in [0.5, 0.6) is 0 Å². The lowest BCUT2D eigenvalue weighted by molar-refractivity contribution is 0.570. The fourth-order valence-electron chi connectivity index (χ4n) is 2.41. The van der Waals surface area contributed by atoms with E-state index in [1.807, 2.05) is 0 Å². The maximum Gasteiger partial charge on any atom is 0.181 e. The molecule has 4 aromatic rings. The molecule has 4 nitrogen and oxygen atoms in total. The van der Waals surface area contributed by atoms with Crippen LogP contribution < -0.4 is 0 Å². The summed E-state index contributed by atoms with van der Waals surface area (Å²) in [7, 11) is 0. The maximum absolute atomic E-state index is 14.0. The van der Waals surface area contributed by atoms with Crippen LogP contribution in [0, 0.1) is 11.6 Å². The van der Waals surface area contributed by atoms with Crippen LogP contribution in [0.15, 0.2) is 59.6 Å². The Morgan fingerprint density at radius 2 is 1.82 bits per heavy atom. The third-order valence-electron chi connectivity index (χ3n) is 3.41. The Hall–Kier alpha value is -3.02. The van der Waals surface area contributed by atoms with Gasteiger partial charge in [-0.15, -0.1) is 0 Å². The van der Waals surface area contributed by atoms with E-state index in [4.69, 9.17) is 4.42 Å². The number of oxazole rings is 1. The Kier molecular flexibility index (Phi) is 2.75. The molecule has 2 aromatic heterocycles. The first-order valence-corrected chi connectivity index (χ1v) is 6.55. The summed E-state index contributed by atoms with van der Waals surface area (Å²) in [5.41, 5.74) is 1.82. The average molecular weight is 297 g/mol. The van der Waals surface area contributed by atoms with Gasteiger partial charge >= 0.3 is 0 Å². The lowest BCUT2D eigenvalue weighted by atomic mass is 10.2. The molecule has 108 valence electrons. The van der Waals surface area contributed by atoms with E-state index < -0.39 is 11.6 Å². The first-order valence-electron chi connectivity index (χ1n) is 6.55. The fraction of sp³-hybridized carbons (Fsp3) is 0. The van der Waals surface area contributed by atoms with Crippen molar-refractivity contribution in [2.45, 2.75) is 0 Å². The summed E-state index contributed by atoms with van der Waals surface area (Å²) >= 11 is 0. The number of benzene rings is 2. The summed E-state index contributed by atoms with van der Waals surface area (Å²) in [5.74, 6) is -0.877. The molecule has 2 aromatic carbocycles. The van der Waals surface area contributed by atoms with Gasteiger partial charge in [-0.2, -0.15) is 0 Å². The number of imidazole rings is 1. The van der Waals surface area contributed by atoms with Crippen molar-refractivity contribution in [3.63, 3.8) is 0 Å².